The van der Waals surface area contributed by atoms with Gasteiger partial charge >= 0.3 is 0 Å². The third kappa shape index (κ3) is 11.1. The van der Waals surface area contributed by atoms with E-state index in [-0.39, 0.29) is 17.8 Å². The quantitative estimate of drug-likeness (QED) is 0.288. The number of hydrogen-bond acceptors (Lipinski definition) is 5. The molecule has 0 saturated heterocycles. The summed E-state index contributed by atoms with van der Waals surface area (Å²) in [7, 11) is 0. The fourth-order valence-electron chi connectivity index (χ4n) is 2.96. The lowest BCUT2D eigenvalue weighted by molar-refractivity contribution is -0.134. The second kappa shape index (κ2) is 13.2. The molecule has 0 unspecified atom stereocenters. The number of carbonyl (C=O) groups excluding carboxylic acids is 4. The van der Waals surface area contributed by atoms with Crippen molar-refractivity contribution in [1.29, 1.82) is 0 Å². The molecule has 0 bridgehead atoms. The summed E-state index contributed by atoms with van der Waals surface area (Å²) in [5.41, 5.74) is 11.2. The topological polar surface area (TPSA) is 156 Å². The van der Waals surface area contributed by atoms with E-state index in [1.165, 1.54) is 6.92 Å². The van der Waals surface area contributed by atoms with Crippen LogP contribution < -0.4 is 27.4 Å². The predicted octanol–water partition coefficient (Wildman–Crippen LogP) is 0.412. The highest BCUT2D eigenvalue weighted by Gasteiger charge is 2.30. The minimum absolute atomic E-state index is 0.113. The Kier molecular flexibility index (Phi) is 12.3. The molecule has 4 atom stereocenters. The zero-order valence-electron chi connectivity index (χ0n) is 19.5. The number of hydrogen-bond donors (Lipinski definition) is 5. The van der Waals surface area contributed by atoms with Crippen molar-refractivity contribution in [3.63, 3.8) is 0 Å². The van der Waals surface area contributed by atoms with Gasteiger partial charge < -0.3 is 27.4 Å². The molecule has 0 aliphatic rings. The van der Waals surface area contributed by atoms with Crippen molar-refractivity contribution in [2.24, 2.45) is 29.2 Å². The number of nitrogens with two attached hydrogens (primary N) is 2. The first-order chi connectivity index (χ1) is 13.7. The van der Waals surface area contributed by atoms with Gasteiger partial charge in [0.15, 0.2) is 0 Å². The summed E-state index contributed by atoms with van der Waals surface area (Å²) >= 11 is 0. The molecule has 174 valence electrons. The normalized spacial score (nSPS) is 15.4. The Morgan fingerprint density at radius 3 is 1.37 bits per heavy atom. The van der Waals surface area contributed by atoms with Gasteiger partial charge in [-0.1, -0.05) is 41.5 Å². The van der Waals surface area contributed by atoms with Gasteiger partial charge in [0.05, 0.1) is 6.04 Å². The molecule has 0 heterocycles. The lowest BCUT2D eigenvalue weighted by Crippen LogP contribution is -2.57. The average Bonchev–Trinajstić information content (AvgIpc) is 2.58. The van der Waals surface area contributed by atoms with Crippen LogP contribution in [0.5, 0.6) is 0 Å². The van der Waals surface area contributed by atoms with Crippen molar-refractivity contribution in [3.05, 3.63) is 0 Å². The lowest BCUT2D eigenvalue weighted by Gasteiger charge is -2.26. The maximum atomic E-state index is 12.9. The van der Waals surface area contributed by atoms with Crippen molar-refractivity contribution in [1.82, 2.24) is 16.0 Å². The third-order valence-electron chi connectivity index (χ3n) is 4.53. The van der Waals surface area contributed by atoms with Gasteiger partial charge in [0.2, 0.25) is 23.6 Å². The van der Waals surface area contributed by atoms with Crippen LogP contribution in [0.15, 0.2) is 0 Å². The van der Waals surface area contributed by atoms with Crippen LogP contribution in [-0.4, -0.2) is 47.8 Å². The Hall–Kier alpha value is -2.16. The zero-order chi connectivity index (χ0) is 23.6. The summed E-state index contributed by atoms with van der Waals surface area (Å²) in [4.78, 5) is 49.2. The van der Waals surface area contributed by atoms with Crippen LogP contribution in [0.4, 0.5) is 0 Å². The Labute approximate surface area is 180 Å². The van der Waals surface area contributed by atoms with E-state index >= 15 is 0 Å². The van der Waals surface area contributed by atoms with Crippen LogP contribution in [-0.2, 0) is 19.2 Å². The third-order valence-corrected chi connectivity index (χ3v) is 4.53. The van der Waals surface area contributed by atoms with E-state index in [1.54, 1.807) is 0 Å². The largest absolute Gasteiger partial charge is 0.368 e. The first-order valence-corrected chi connectivity index (χ1v) is 10.7. The van der Waals surface area contributed by atoms with E-state index in [4.69, 9.17) is 11.5 Å². The molecule has 30 heavy (non-hydrogen) atoms. The standard InChI is InChI=1S/C21H41N5O4/c1-11(2)8-15(22)19(28)25-17(10-13(5)6)21(30)26-16(9-12(3)4)20(29)24-14(7)18(23)27/h11-17H,8-10,22H2,1-7H3,(H2,23,27)(H,24,29)(H,25,28)(H,26,30)/t14-,15-,16-,17-/m0/s1. The molecule has 0 aromatic heterocycles. The van der Waals surface area contributed by atoms with Gasteiger partial charge in [-0.25, -0.2) is 0 Å². The molecule has 0 fully saturated rings. The molecule has 0 aromatic carbocycles. The van der Waals surface area contributed by atoms with Gasteiger partial charge in [0.1, 0.15) is 18.1 Å². The Balaban J connectivity index is 5.34. The molecular weight excluding hydrogens is 386 g/mol. The van der Waals surface area contributed by atoms with Crippen LogP contribution in [0, 0.1) is 17.8 Å². The Morgan fingerprint density at radius 1 is 0.633 bits per heavy atom. The van der Waals surface area contributed by atoms with Gasteiger partial charge in [-0.3, -0.25) is 19.2 Å². The van der Waals surface area contributed by atoms with Crippen LogP contribution in [0.3, 0.4) is 0 Å². The number of amides is 4. The maximum absolute atomic E-state index is 12.9. The summed E-state index contributed by atoms with van der Waals surface area (Å²) in [6.45, 7) is 13.1. The molecule has 7 N–H and O–H groups in total. The highest BCUT2D eigenvalue weighted by atomic mass is 16.2. The van der Waals surface area contributed by atoms with E-state index in [0.29, 0.717) is 19.3 Å². The van der Waals surface area contributed by atoms with Crippen molar-refractivity contribution in [2.75, 3.05) is 0 Å². The van der Waals surface area contributed by atoms with E-state index in [1.807, 2.05) is 41.5 Å². The molecule has 0 rings (SSSR count). The highest BCUT2D eigenvalue weighted by molar-refractivity contribution is 5.94. The zero-order valence-corrected chi connectivity index (χ0v) is 19.5. The van der Waals surface area contributed by atoms with Gasteiger partial charge in [0.25, 0.3) is 0 Å². The van der Waals surface area contributed by atoms with E-state index in [9.17, 15) is 19.2 Å². The predicted molar refractivity (Wildman–Crippen MR) is 117 cm³/mol. The highest BCUT2D eigenvalue weighted by Crippen LogP contribution is 2.10. The van der Waals surface area contributed by atoms with E-state index in [0.717, 1.165) is 0 Å². The van der Waals surface area contributed by atoms with Crippen molar-refractivity contribution >= 4 is 23.6 Å². The molecule has 9 heteroatoms. The minimum Gasteiger partial charge on any atom is -0.368 e. The van der Waals surface area contributed by atoms with Gasteiger partial charge in [-0.05, 0) is 43.9 Å². The molecule has 0 spiro atoms. The molecule has 0 aliphatic heterocycles. The van der Waals surface area contributed by atoms with Crippen LogP contribution >= 0.6 is 0 Å². The summed E-state index contributed by atoms with van der Waals surface area (Å²) in [6.07, 6.45) is 1.28. The van der Waals surface area contributed by atoms with Crippen LogP contribution in [0.1, 0.15) is 67.7 Å². The molecule has 9 nitrogen and oxygen atoms in total. The smallest absolute Gasteiger partial charge is 0.243 e. The van der Waals surface area contributed by atoms with Crippen LogP contribution in [0.25, 0.3) is 0 Å². The molecule has 4 amide bonds. The first kappa shape index (κ1) is 27.8. The Morgan fingerprint density at radius 2 is 1.00 bits per heavy atom. The van der Waals surface area contributed by atoms with E-state index in [2.05, 4.69) is 16.0 Å². The number of primary amides is 1. The molecule has 0 radical (unpaired) electrons. The summed E-state index contributed by atoms with van der Waals surface area (Å²) < 4.78 is 0. The van der Waals surface area contributed by atoms with Gasteiger partial charge in [-0.15, -0.1) is 0 Å². The first-order valence-electron chi connectivity index (χ1n) is 10.7. The summed E-state index contributed by atoms with van der Waals surface area (Å²) in [5.74, 6) is -1.51. The molecular formula is C21H41N5O4. The van der Waals surface area contributed by atoms with E-state index < -0.39 is 47.8 Å². The number of nitrogens with one attached hydrogen (secondary N) is 3. The minimum atomic E-state index is -0.857. The van der Waals surface area contributed by atoms with Crippen LogP contribution in [0.2, 0.25) is 0 Å². The SMILES string of the molecule is CC(C)C[C@H](NC(=O)[C@H](CC(C)C)NC(=O)[C@@H](N)CC(C)C)C(=O)N[C@@H](C)C(N)=O. The molecule has 0 aliphatic carbocycles. The van der Waals surface area contributed by atoms with Crippen molar-refractivity contribution in [3.8, 4) is 0 Å². The van der Waals surface area contributed by atoms with Gasteiger partial charge in [0, 0.05) is 0 Å². The summed E-state index contributed by atoms with van der Waals surface area (Å²) in [6, 6.07) is -3.23. The van der Waals surface area contributed by atoms with Crippen molar-refractivity contribution in [2.45, 2.75) is 91.9 Å². The fourth-order valence-corrected chi connectivity index (χ4v) is 2.96. The maximum Gasteiger partial charge on any atom is 0.243 e. The van der Waals surface area contributed by atoms with Gasteiger partial charge in [-0.2, -0.15) is 0 Å². The molecule has 0 aromatic rings. The number of rotatable bonds is 13. The second-order valence-electron chi connectivity index (χ2n) is 9.25. The fraction of sp³-hybridized carbons (Fsp3) is 0.810. The lowest BCUT2D eigenvalue weighted by atomic mass is 9.99. The average molecular weight is 428 g/mol. The monoisotopic (exact) mass is 427 g/mol. The van der Waals surface area contributed by atoms with Crippen molar-refractivity contribution < 1.29 is 19.2 Å². The number of carbonyl (C=O) groups is 4. The summed E-state index contributed by atoms with van der Waals surface area (Å²) in [5, 5.41) is 7.97. The molecule has 0 saturated carbocycles. The second-order valence-corrected chi connectivity index (χ2v) is 9.25. The Bertz CT molecular complexity index is 592.